The topological polar surface area (TPSA) is 64.2 Å². The second kappa shape index (κ2) is 8.78. The van der Waals surface area contributed by atoms with Crippen molar-refractivity contribution in [2.75, 3.05) is 19.5 Å². The Morgan fingerprint density at radius 2 is 1.77 bits per heavy atom. The minimum atomic E-state index is -0.188. The standard InChI is InChI=1S/C19H17ClN2O3S/c1-24-15-6-2-13(3-7-15)17-12-18(23)22-19(21-17)26-11-10-25-16-8-4-14(20)5-9-16/h2-9,12H,10-11H2,1H3,(H,21,22,23). The molecule has 3 rings (SSSR count). The van der Waals surface area contributed by atoms with Crippen LogP contribution in [0.3, 0.4) is 0 Å². The molecule has 0 aliphatic rings. The zero-order valence-corrected chi connectivity index (χ0v) is 15.6. The van der Waals surface area contributed by atoms with Gasteiger partial charge < -0.3 is 14.5 Å². The van der Waals surface area contributed by atoms with E-state index in [2.05, 4.69) is 9.97 Å². The van der Waals surface area contributed by atoms with E-state index >= 15 is 0 Å². The van der Waals surface area contributed by atoms with Gasteiger partial charge >= 0.3 is 0 Å². The fourth-order valence-electron chi connectivity index (χ4n) is 2.24. The van der Waals surface area contributed by atoms with Crippen molar-refractivity contribution in [3.63, 3.8) is 0 Å². The molecule has 1 N–H and O–H groups in total. The van der Waals surface area contributed by atoms with Crippen LogP contribution >= 0.6 is 23.4 Å². The zero-order chi connectivity index (χ0) is 18.4. The summed E-state index contributed by atoms with van der Waals surface area (Å²) in [7, 11) is 1.61. The third kappa shape index (κ3) is 5.03. The largest absolute Gasteiger partial charge is 0.497 e. The predicted octanol–water partition coefficient (Wildman–Crippen LogP) is 4.27. The molecule has 1 heterocycles. The van der Waals surface area contributed by atoms with Crippen LogP contribution in [0, 0.1) is 0 Å². The van der Waals surface area contributed by atoms with Crippen LogP contribution in [0.1, 0.15) is 0 Å². The summed E-state index contributed by atoms with van der Waals surface area (Å²) < 4.78 is 10.8. The lowest BCUT2D eigenvalue weighted by Crippen LogP contribution is -2.09. The first-order valence-corrected chi connectivity index (χ1v) is 9.27. The fourth-order valence-corrected chi connectivity index (χ4v) is 3.06. The van der Waals surface area contributed by atoms with E-state index in [9.17, 15) is 4.79 Å². The quantitative estimate of drug-likeness (QED) is 0.372. The number of aromatic amines is 1. The molecule has 0 fully saturated rings. The SMILES string of the molecule is COc1ccc(-c2cc(=O)[nH]c(SCCOc3ccc(Cl)cc3)n2)cc1. The van der Waals surface area contributed by atoms with Gasteiger partial charge in [-0.1, -0.05) is 23.4 Å². The number of nitrogens with zero attached hydrogens (tertiary/aromatic N) is 1. The number of aromatic nitrogens is 2. The molecule has 7 heteroatoms. The van der Waals surface area contributed by atoms with E-state index in [-0.39, 0.29) is 5.56 Å². The summed E-state index contributed by atoms with van der Waals surface area (Å²) in [6.45, 7) is 0.489. The van der Waals surface area contributed by atoms with E-state index in [0.717, 1.165) is 17.1 Å². The summed E-state index contributed by atoms with van der Waals surface area (Å²) in [5, 5.41) is 1.23. The second-order valence-corrected chi connectivity index (χ2v) is 6.84. The van der Waals surface area contributed by atoms with Crippen molar-refractivity contribution >= 4 is 23.4 Å². The molecule has 3 aromatic rings. The monoisotopic (exact) mass is 388 g/mol. The van der Waals surface area contributed by atoms with E-state index in [4.69, 9.17) is 21.1 Å². The highest BCUT2D eigenvalue weighted by molar-refractivity contribution is 7.99. The number of rotatable bonds is 7. The Bertz CT molecular complexity index is 911. The van der Waals surface area contributed by atoms with E-state index in [1.807, 2.05) is 36.4 Å². The van der Waals surface area contributed by atoms with Gasteiger partial charge in [-0.05, 0) is 48.5 Å². The van der Waals surface area contributed by atoms with Crippen LogP contribution in [0.5, 0.6) is 11.5 Å². The number of hydrogen-bond acceptors (Lipinski definition) is 5. The van der Waals surface area contributed by atoms with Crippen LogP contribution in [0.25, 0.3) is 11.3 Å². The van der Waals surface area contributed by atoms with E-state index < -0.39 is 0 Å². The maximum atomic E-state index is 11.9. The normalized spacial score (nSPS) is 10.5. The van der Waals surface area contributed by atoms with Crippen LogP contribution in [-0.2, 0) is 0 Å². The lowest BCUT2D eigenvalue weighted by Gasteiger charge is -2.07. The molecule has 0 amide bonds. The first-order chi connectivity index (χ1) is 12.6. The highest BCUT2D eigenvalue weighted by Crippen LogP contribution is 2.22. The van der Waals surface area contributed by atoms with Crippen molar-refractivity contribution in [1.29, 1.82) is 0 Å². The molecule has 26 heavy (non-hydrogen) atoms. The van der Waals surface area contributed by atoms with Crippen LogP contribution in [0.4, 0.5) is 0 Å². The Kier molecular flexibility index (Phi) is 6.20. The molecule has 0 saturated carbocycles. The van der Waals surface area contributed by atoms with Crippen LogP contribution in [0.2, 0.25) is 5.02 Å². The molecule has 5 nitrogen and oxygen atoms in total. The first kappa shape index (κ1) is 18.4. The molecule has 0 radical (unpaired) electrons. The maximum Gasteiger partial charge on any atom is 0.252 e. The number of hydrogen-bond donors (Lipinski definition) is 1. The van der Waals surface area contributed by atoms with E-state index in [1.165, 1.54) is 17.8 Å². The first-order valence-electron chi connectivity index (χ1n) is 7.91. The van der Waals surface area contributed by atoms with Gasteiger partial charge in [-0.15, -0.1) is 0 Å². The highest BCUT2D eigenvalue weighted by Gasteiger charge is 2.05. The van der Waals surface area contributed by atoms with Crippen LogP contribution in [-0.4, -0.2) is 29.4 Å². The molecule has 0 aliphatic carbocycles. The Morgan fingerprint density at radius 3 is 2.46 bits per heavy atom. The van der Waals surface area contributed by atoms with Gasteiger partial charge in [0.15, 0.2) is 5.16 Å². The summed E-state index contributed by atoms with van der Waals surface area (Å²) in [6.07, 6.45) is 0. The van der Waals surface area contributed by atoms with Gasteiger partial charge in [-0.2, -0.15) is 0 Å². The zero-order valence-electron chi connectivity index (χ0n) is 14.1. The minimum Gasteiger partial charge on any atom is -0.497 e. The number of H-pyrrole nitrogens is 1. The summed E-state index contributed by atoms with van der Waals surface area (Å²) >= 11 is 7.27. The summed E-state index contributed by atoms with van der Waals surface area (Å²) in [5.41, 5.74) is 1.29. The summed E-state index contributed by atoms with van der Waals surface area (Å²) in [5.74, 6) is 2.16. The Hall–Kier alpha value is -2.44. The second-order valence-electron chi connectivity index (χ2n) is 5.32. The van der Waals surface area contributed by atoms with Crippen molar-refractivity contribution in [2.45, 2.75) is 5.16 Å². The number of thioether (sulfide) groups is 1. The average molecular weight is 389 g/mol. The number of halogens is 1. The van der Waals surface area contributed by atoms with E-state index in [1.54, 1.807) is 19.2 Å². The lowest BCUT2D eigenvalue weighted by molar-refractivity contribution is 0.344. The van der Waals surface area contributed by atoms with Gasteiger partial charge in [-0.25, -0.2) is 4.98 Å². The molecule has 0 unspecified atom stereocenters. The smallest absolute Gasteiger partial charge is 0.252 e. The molecule has 0 aliphatic heterocycles. The van der Waals surface area contributed by atoms with E-state index in [0.29, 0.717) is 28.2 Å². The third-order valence-electron chi connectivity index (χ3n) is 3.51. The van der Waals surface area contributed by atoms with Gasteiger partial charge in [0, 0.05) is 22.4 Å². The molecule has 0 saturated heterocycles. The van der Waals surface area contributed by atoms with Crippen molar-refractivity contribution in [3.8, 4) is 22.8 Å². The van der Waals surface area contributed by atoms with Crippen molar-refractivity contribution < 1.29 is 9.47 Å². The van der Waals surface area contributed by atoms with Crippen molar-refractivity contribution in [2.24, 2.45) is 0 Å². The number of ether oxygens (including phenoxy) is 2. The lowest BCUT2D eigenvalue weighted by atomic mass is 10.1. The van der Waals surface area contributed by atoms with Gasteiger partial charge in [0.05, 0.1) is 19.4 Å². The molecule has 2 aromatic carbocycles. The van der Waals surface area contributed by atoms with Crippen LogP contribution in [0.15, 0.2) is 64.5 Å². The van der Waals surface area contributed by atoms with Crippen molar-refractivity contribution in [3.05, 3.63) is 70.0 Å². The minimum absolute atomic E-state index is 0.188. The Labute approximate surface area is 160 Å². The predicted molar refractivity (Wildman–Crippen MR) is 105 cm³/mol. The maximum absolute atomic E-state index is 11.9. The van der Waals surface area contributed by atoms with Crippen molar-refractivity contribution in [1.82, 2.24) is 9.97 Å². The summed E-state index contributed by atoms with van der Waals surface area (Å²) in [4.78, 5) is 19.2. The average Bonchev–Trinajstić information content (AvgIpc) is 2.66. The van der Waals surface area contributed by atoms with Crippen LogP contribution < -0.4 is 15.0 Å². The van der Waals surface area contributed by atoms with Gasteiger partial charge in [0.25, 0.3) is 5.56 Å². The molecular formula is C19H17ClN2O3S. The molecule has 0 bridgehead atoms. The number of benzene rings is 2. The molecule has 0 spiro atoms. The fraction of sp³-hybridized carbons (Fsp3) is 0.158. The number of methoxy groups -OCH3 is 1. The number of nitrogens with one attached hydrogen (secondary N) is 1. The van der Waals surface area contributed by atoms with Gasteiger partial charge in [0.1, 0.15) is 11.5 Å². The Morgan fingerprint density at radius 1 is 1.08 bits per heavy atom. The Balaban J connectivity index is 1.62. The summed E-state index contributed by atoms with van der Waals surface area (Å²) in [6, 6.07) is 16.1. The molecule has 1 aromatic heterocycles. The molecule has 134 valence electrons. The highest BCUT2D eigenvalue weighted by atomic mass is 35.5. The van der Waals surface area contributed by atoms with Gasteiger partial charge in [0.2, 0.25) is 0 Å². The van der Waals surface area contributed by atoms with Gasteiger partial charge in [-0.3, -0.25) is 4.79 Å². The third-order valence-corrected chi connectivity index (χ3v) is 4.60. The molecule has 0 atom stereocenters. The molecular weight excluding hydrogens is 372 g/mol.